The molecule has 0 saturated heterocycles. The summed E-state index contributed by atoms with van der Waals surface area (Å²) < 4.78 is 11.0. The maximum absolute atomic E-state index is 10.3. The summed E-state index contributed by atoms with van der Waals surface area (Å²) in [5, 5.41) is 33.3. The Morgan fingerprint density at radius 1 is 1.16 bits per heavy atom. The van der Waals surface area contributed by atoms with E-state index < -0.39 is 5.97 Å². The summed E-state index contributed by atoms with van der Waals surface area (Å²) in [7, 11) is 0. The van der Waals surface area contributed by atoms with Gasteiger partial charge in [-0.1, -0.05) is 32.1 Å². The van der Waals surface area contributed by atoms with E-state index in [1.807, 2.05) is 6.07 Å². The predicted octanol–water partition coefficient (Wildman–Crippen LogP) is 3.80. The van der Waals surface area contributed by atoms with Gasteiger partial charge in [-0.05, 0) is 111 Å². The Morgan fingerprint density at radius 3 is 2.58 bits per heavy atom. The van der Waals surface area contributed by atoms with Crippen LogP contribution in [0.5, 0.6) is 11.5 Å². The van der Waals surface area contributed by atoms with Crippen molar-refractivity contribution in [1.82, 2.24) is 11.5 Å². The van der Waals surface area contributed by atoms with E-state index >= 15 is 0 Å². The zero-order valence-electron chi connectivity index (χ0n) is 23.6. The minimum absolute atomic E-state index is 0. The van der Waals surface area contributed by atoms with Gasteiger partial charge in [0.15, 0.2) is 11.5 Å². The van der Waals surface area contributed by atoms with E-state index in [4.69, 9.17) is 19.4 Å². The molecule has 7 atom stereocenters. The first-order valence-corrected chi connectivity index (χ1v) is 13.8. The summed E-state index contributed by atoms with van der Waals surface area (Å²) in [5.41, 5.74) is 2.96. The molecule has 2 unspecified atom stereocenters. The maximum atomic E-state index is 10.3. The highest BCUT2D eigenvalue weighted by atomic mass is 16.7. The van der Waals surface area contributed by atoms with E-state index in [-0.39, 0.29) is 35.6 Å². The molecular formula is C30H48N2O6. The van der Waals surface area contributed by atoms with Crippen LogP contribution in [0.3, 0.4) is 0 Å². The molecule has 3 aliphatic carbocycles. The summed E-state index contributed by atoms with van der Waals surface area (Å²) in [6.45, 7) is 12.6. The lowest BCUT2D eigenvalue weighted by molar-refractivity contribution is -0.302. The molecule has 0 bridgehead atoms. The van der Waals surface area contributed by atoms with Gasteiger partial charge in [-0.2, -0.15) is 0 Å². The molecule has 7 N–H and O–H groups in total. The lowest BCUT2D eigenvalue weighted by Gasteiger charge is -2.56. The van der Waals surface area contributed by atoms with Crippen LogP contribution in [0.4, 0.5) is 0 Å². The average Bonchev–Trinajstić information content (AvgIpc) is 3.44. The largest absolute Gasteiger partial charge is 0.550 e. The Bertz CT molecular complexity index is 981. The zero-order valence-corrected chi connectivity index (χ0v) is 23.6. The number of aliphatic hydroxyl groups is 2. The molecule has 0 spiro atoms. The van der Waals surface area contributed by atoms with E-state index in [0.717, 1.165) is 57.2 Å². The normalized spacial score (nSPS) is 35.5. The molecule has 8 heteroatoms. The van der Waals surface area contributed by atoms with E-state index in [1.54, 1.807) is 0 Å². The van der Waals surface area contributed by atoms with Gasteiger partial charge in [0.25, 0.3) is 0 Å². The number of allylic oxidation sites excluding steroid dienone is 1. The Hall–Kier alpha value is -2.13. The number of carbonyl (C=O) groups excluding carboxylic acids is 1. The Balaban J connectivity index is 0.000000749. The van der Waals surface area contributed by atoms with E-state index in [2.05, 4.69) is 37.9 Å². The topological polar surface area (TPSA) is 148 Å². The highest BCUT2D eigenvalue weighted by Crippen LogP contribution is 2.63. The van der Waals surface area contributed by atoms with Crippen molar-refractivity contribution in [2.75, 3.05) is 19.9 Å². The number of ether oxygens (including phenoxy) is 2. The Labute approximate surface area is 227 Å². The second-order valence-electron chi connectivity index (χ2n) is 12.1. The van der Waals surface area contributed by atoms with Crippen LogP contribution in [0, 0.1) is 34.5 Å². The van der Waals surface area contributed by atoms with Crippen molar-refractivity contribution < 1.29 is 29.6 Å². The van der Waals surface area contributed by atoms with Crippen LogP contribution >= 0.6 is 0 Å². The van der Waals surface area contributed by atoms with Gasteiger partial charge in [0.05, 0.1) is 6.10 Å². The molecule has 1 aliphatic heterocycles. The Morgan fingerprint density at radius 2 is 1.87 bits per heavy atom. The number of nitrogens with one attached hydrogen (secondary N) is 1. The molecule has 1 aromatic rings. The second kappa shape index (κ2) is 12.4. The number of benzene rings is 1. The molecule has 5 rings (SSSR count). The van der Waals surface area contributed by atoms with Gasteiger partial charge in [-0.3, -0.25) is 0 Å². The molecular weight excluding hydrogens is 484 g/mol. The smallest absolute Gasteiger partial charge is 0.231 e. The SMILES string of the molecule is C=C1CCC2[C@@H](CNCc3ccc4c(c3)OCO4)C([C@@]3(C)CC[C@H](O)C[C@@H]3CO)CC[C@@]12C.CC(=O)[O-].[NH4+]. The fourth-order valence-electron chi connectivity index (χ4n) is 7.90. The number of carbonyl (C=O) groups is 1. The van der Waals surface area contributed by atoms with Crippen molar-refractivity contribution in [2.45, 2.75) is 78.4 Å². The summed E-state index contributed by atoms with van der Waals surface area (Å²) in [6, 6.07) is 6.20. The van der Waals surface area contributed by atoms with Gasteiger partial charge < -0.3 is 41.1 Å². The van der Waals surface area contributed by atoms with E-state index in [1.165, 1.54) is 30.4 Å². The minimum atomic E-state index is -1.08. The molecule has 0 amide bonds. The van der Waals surface area contributed by atoms with Crippen molar-refractivity contribution in [3.05, 3.63) is 35.9 Å². The van der Waals surface area contributed by atoms with Crippen LogP contribution in [-0.2, 0) is 11.3 Å². The lowest BCUT2D eigenvalue weighted by atomic mass is 9.49. The van der Waals surface area contributed by atoms with Gasteiger partial charge in [-0.15, -0.1) is 0 Å². The summed E-state index contributed by atoms with van der Waals surface area (Å²) in [4.78, 5) is 8.89. The van der Waals surface area contributed by atoms with Gasteiger partial charge in [0, 0.05) is 19.1 Å². The molecule has 0 radical (unpaired) electrons. The quantitative estimate of drug-likeness (QED) is 0.407. The van der Waals surface area contributed by atoms with Gasteiger partial charge in [0.1, 0.15) is 0 Å². The fourth-order valence-corrected chi connectivity index (χ4v) is 7.90. The second-order valence-corrected chi connectivity index (χ2v) is 12.1. The number of aliphatic hydroxyl groups excluding tert-OH is 2. The number of hydrogen-bond acceptors (Lipinski definition) is 7. The third-order valence-corrected chi connectivity index (χ3v) is 10.1. The van der Waals surface area contributed by atoms with Crippen LogP contribution in [0.15, 0.2) is 30.4 Å². The molecule has 3 saturated carbocycles. The first-order chi connectivity index (χ1) is 17.6. The van der Waals surface area contributed by atoms with Crippen molar-refractivity contribution >= 4 is 5.97 Å². The standard InChI is InChI=1S/C28H41NO4.C2H4O2.H3N/c1-18-4-6-23-22(15-29-14-19-5-7-25-26(12-19)33-17-32-25)24(9-11-27(18,23)2)28(3)10-8-21(31)13-20(28)16-30;1-2(3)4;/h5,7,12,20-24,29-31H,1,4,6,8-11,13-17H2,2-3H3;1H3,(H,3,4);1H3/t20-,21+,22-,23?,24?,27+,28+;;/m1../s1. The van der Waals surface area contributed by atoms with Crippen LogP contribution in [-0.4, -0.2) is 42.2 Å². The first-order valence-electron chi connectivity index (χ1n) is 13.8. The fraction of sp³-hybridized carbons (Fsp3) is 0.700. The first kappa shape index (κ1) is 30.4. The van der Waals surface area contributed by atoms with E-state index in [9.17, 15) is 10.2 Å². The molecule has 3 fully saturated rings. The predicted molar refractivity (Wildman–Crippen MR) is 146 cm³/mol. The number of aliphatic carboxylic acids is 1. The third kappa shape index (κ3) is 6.03. The van der Waals surface area contributed by atoms with Gasteiger partial charge >= 0.3 is 0 Å². The third-order valence-electron chi connectivity index (χ3n) is 10.1. The summed E-state index contributed by atoms with van der Waals surface area (Å²) >= 11 is 0. The number of fused-ring (bicyclic) bond motifs is 2. The molecule has 1 aromatic carbocycles. The summed E-state index contributed by atoms with van der Waals surface area (Å²) in [5.74, 6) is 2.49. The Kier molecular flexibility index (Phi) is 9.90. The van der Waals surface area contributed by atoms with Crippen molar-refractivity contribution in [3.63, 3.8) is 0 Å². The zero-order chi connectivity index (χ0) is 26.8. The van der Waals surface area contributed by atoms with Crippen molar-refractivity contribution in [1.29, 1.82) is 0 Å². The molecule has 214 valence electrons. The monoisotopic (exact) mass is 532 g/mol. The number of quaternary nitrogens is 1. The minimum Gasteiger partial charge on any atom is -0.550 e. The number of hydrogen-bond donors (Lipinski definition) is 4. The van der Waals surface area contributed by atoms with Crippen molar-refractivity contribution in [2.24, 2.45) is 34.5 Å². The van der Waals surface area contributed by atoms with Crippen LogP contribution in [0.2, 0.25) is 0 Å². The van der Waals surface area contributed by atoms with Crippen LogP contribution in [0.25, 0.3) is 0 Å². The van der Waals surface area contributed by atoms with Gasteiger partial charge in [0.2, 0.25) is 6.79 Å². The van der Waals surface area contributed by atoms with E-state index in [0.29, 0.717) is 24.5 Å². The maximum Gasteiger partial charge on any atom is 0.231 e. The highest BCUT2D eigenvalue weighted by molar-refractivity contribution is 5.60. The summed E-state index contributed by atoms with van der Waals surface area (Å²) in [6.07, 6.45) is 7.09. The average molecular weight is 533 g/mol. The van der Waals surface area contributed by atoms with Crippen LogP contribution < -0.4 is 26.0 Å². The molecule has 1 heterocycles. The van der Waals surface area contributed by atoms with Crippen LogP contribution in [0.1, 0.15) is 71.3 Å². The molecule has 38 heavy (non-hydrogen) atoms. The molecule has 0 aromatic heterocycles. The highest BCUT2D eigenvalue weighted by Gasteiger charge is 2.56. The molecule has 4 aliphatic rings. The number of carboxylic acid groups (broad SMARTS) is 1. The number of rotatable bonds is 6. The lowest BCUT2D eigenvalue weighted by Crippen LogP contribution is -2.53. The van der Waals surface area contributed by atoms with Gasteiger partial charge in [-0.25, -0.2) is 0 Å². The molecule has 8 nitrogen and oxygen atoms in total. The number of carboxylic acids is 1. The van der Waals surface area contributed by atoms with Crippen molar-refractivity contribution in [3.8, 4) is 11.5 Å².